The number of benzene rings is 1. The van der Waals surface area contributed by atoms with Crippen molar-refractivity contribution in [3.05, 3.63) is 58.4 Å². The van der Waals surface area contributed by atoms with Crippen LogP contribution < -0.4 is 5.32 Å². The van der Waals surface area contributed by atoms with Crippen molar-refractivity contribution in [2.75, 3.05) is 0 Å². The number of nitrogens with zero attached hydrogens (tertiary/aromatic N) is 2. The number of fused-ring (bicyclic) bond motifs is 1. The van der Waals surface area contributed by atoms with Gasteiger partial charge in [0.1, 0.15) is 0 Å². The minimum atomic E-state index is -0.437. The summed E-state index contributed by atoms with van der Waals surface area (Å²) < 4.78 is 0. The van der Waals surface area contributed by atoms with Gasteiger partial charge < -0.3 is 5.32 Å². The van der Waals surface area contributed by atoms with Crippen LogP contribution in [0.4, 0.5) is 0 Å². The summed E-state index contributed by atoms with van der Waals surface area (Å²) in [7, 11) is 0. The van der Waals surface area contributed by atoms with Gasteiger partial charge in [0.2, 0.25) is 0 Å². The van der Waals surface area contributed by atoms with E-state index in [1.807, 2.05) is 6.20 Å². The first-order valence-electron chi connectivity index (χ1n) is 10.0. The molecule has 0 saturated carbocycles. The molecule has 2 aliphatic heterocycles. The van der Waals surface area contributed by atoms with E-state index in [2.05, 4.69) is 74.4 Å². The lowest BCUT2D eigenvalue weighted by Crippen LogP contribution is -2.51. The average Bonchev–Trinajstić information content (AvgIpc) is 3.07. The van der Waals surface area contributed by atoms with Gasteiger partial charge in [-0.25, -0.2) is 0 Å². The molecule has 1 aromatic carbocycles. The monoisotopic (exact) mass is 363 g/mol. The van der Waals surface area contributed by atoms with Gasteiger partial charge in [-0.1, -0.05) is 58.9 Å². The van der Waals surface area contributed by atoms with Crippen molar-refractivity contribution in [2.45, 2.75) is 71.4 Å². The van der Waals surface area contributed by atoms with E-state index in [1.54, 1.807) is 0 Å². The van der Waals surface area contributed by atoms with E-state index in [0.717, 1.165) is 29.7 Å². The molecule has 4 nitrogen and oxygen atoms in total. The number of Topliss-reactive ketones (excluding diaryl/α,β-unsaturated/α-hetero) is 1. The molecule has 1 unspecified atom stereocenters. The van der Waals surface area contributed by atoms with Gasteiger partial charge >= 0.3 is 0 Å². The van der Waals surface area contributed by atoms with E-state index >= 15 is 0 Å². The minimum Gasteiger partial charge on any atom is -0.362 e. The lowest BCUT2D eigenvalue weighted by Gasteiger charge is -2.48. The quantitative estimate of drug-likeness (QED) is 0.784. The predicted molar refractivity (Wildman–Crippen MR) is 107 cm³/mol. The predicted octanol–water partition coefficient (Wildman–Crippen LogP) is 5.38. The second-order valence-electron chi connectivity index (χ2n) is 9.20. The van der Waals surface area contributed by atoms with Crippen molar-refractivity contribution in [1.29, 1.82) is 0 Å². The number of azo groups is 1. The number of allylic oxidation sites excluding steroid dienone is 2. The normalized spacial score (nSPS) is 28.7. The fourth-order valence-electron chi connectivity index (χ4n) is 5.05. The fraction of sp³-hybridized carbons (Fsp3) is 0.522. The van der Waals surface area contributed by atoms with Gasteiger partial charge in [0, 0.05) is 23.3 Å². The SMILES string of the molecule is CC[C@@]1(c2cccc(C(C)C)c2)C2=CN=NC2NC2=C1C(=O)CC(C)(C)C2. The molecular weight excluding hydrogens is 334 g/mol. The Hall–Kier alpha value is -2.23. The maximum atomic E-state index is 13.4. The highest BCUT2D eigenvalue weighted by molar-refractivity contribution is 6.01. The number of carbonyl (C=O) groups is 1. The van der Waals surface area contributed by atoms with Crippen molar-refractivity contribution >= 4 is 5.78 Å². The fourth-order valence-corrected chi connectivity index (χ4v) is 5.05. The molecular formula is C23H29N3O. The zero-order valence-corrected chi connectivity index (χ0v) is 17.0. The highest BCUT2D eigenvalue weighted by Gasteiger charge is 2.52. The number of nitrogens with one attached hydrogen (secondary N) is 1. The molecule has 2 heterocycles. The maximum absolute atomic E-state index is 13.4. The van der Waals surface area contributed by atoms with E-state index in [-0.39, 0.29) is 17.4 Å². The summed E-state index contributed by atoms with van der Waals surface area (Å²) in [6.45, 7) is 10.9. The molecule has 142 valence electrons. The van der Waals surface area contributed by atoms with Crippen molar-refractivity contribution in [2.24, 2.45) is 15.6 Å². The molecule has 0 radical (unpaired) electrons. The van der Waals surface area contributed by atoms with Crippen LogP contribution in [0.5, 0.6) is 0 Å². The summed E-state index contributed by atoms with van der Waals surface area (Å²) in [5.74, 6) is 0.703. The molecule has 4 heteroatoms. The Morgan fingerprint density at radius 2 is 2.04 bits per heavy atom. The molecule has 0 saturated heterocycles. The van der Waals surface area contributed by atoms with Gasteiger partial charge in [0.25, 0.3) is 0 Å². The van der Waals surface area contributed by atoms with Crippen LogP contribution in [-0.2, 0) is 10.2 Å². The third kappa shape index (κ3) is 2.69. The van der Waals surface area contributed by atoms with Crippen molar-refractivity contribution < 1.29 is 4.79 Å². The van der Waals surface area contributed by atoms with E-state index in [1.165, 1.54) is 11.1 Å². The molecule has 1 N–H and O–H groups in total. The van der Waals surface area contributed by atoms with Crippen LogP contribution in [0.3, 0.4) is 0 Å². The minimum absolute atomic E-state index is 0.0286. The first-order valence-corrected chi connectivity index (χ1v) is 10.0. The smallest absolute Gasteiger partial charge is 0.164 e. The van der Waals surface area contributed by atoms with Crippen LogP contribution >= 0.6 is 0 Å². The van der Waals surface area contributed by atoms with Gasteiger partial charge in [-0.2, -0.15) is 10.2 Å². The first kappa shape index (κ1) is 18.1. The number of hydrogen-bond donors (Lipinski definition) is 1. The van der Waals surface area contributed by atoms with Gasteiger partial charge in [-0.3, -0.25) is 4.79 Å². The van der Waals surface area contributed by atoms with Crippen LogP contribution in [0.2, 0.25) is 0 Å². The van der Waals surface area contributed by atoms with Crippen LogP contribution in [-0.4, -0.2) is 11.9 Å². The highest BCUT2D eigenvalue weighted by Crippen LogP contribution is 2.53. The lowest BCUT2D eigenvalue weighted by molar-refractivity contribution is -0.119. The summed E-state index contributed by atoms with van der Waals surface area (Å²) in [4.78, 5) is 13.4. The Balaban J connectivity index is 1.98. The second kappa shape index (κ2) is 6.15. The van der Waals surface area contributed by atoms with Gasteiger partial charge in [0.15, 0.2) is 11.9 Å². The molecule has 0 aromatic heterocycles. The van der Waals surface area contributed by atoms with E-state index in [4.69, 9.17) is 0 Å². The lowest BCUT2D eigenvalue weighted by atomic mass is 9.58. The Bertz CT molecular complexity index is 891. The molecule has 2 atom stereocenters. The van der Waals surface area contributed by atoms with Crippen LogP contribution in [0, 0.1) is 5.41 Å². The van der Waals surface area contributed by atoms with Crippen LogP contribution in [0.1, 0.15) is 70.9 Å². The molecule has 1 aromatic rings. The van der Waals surface area contributed by atoms with E-state index in [9.17, 15) is 4.79 Å². The number of carbonyl (C=O) groups excluding carboxylic acids is 1. The Morgan fingerprint density at radius 3 is 2.74 bits per heavy atom. The van der Waals surface area contributed by atoms with Gasteiger partial charge in [-0.05, 0) is 35.3 Å². The Morgan fingerprint density at radius 1 is 1.26 bits per heavy atom. The molecule has 1 aliphatic carbocycles. The summed E-state index contributed by atoms with van der Waals surface area (Å²) in [6, 6.07) is 8.76. The summed E-state index contributed by atoms with van der Waals surface area (Å²) in [5, 5.41) is 12.2. The first-order chi connectivity index (χ1) is 12.8. The maximum Gasteiger partial charge on any atom is 0.164 e. The molecule has 3 aliphatic rings. The largest absolute Gasteiger partial charge is 0.362 e. The Kier molecular flexibility index (Phi) is 4.13. The Labute approximate surface area is 161 Å². The van der Waals surface area contributed by atoms with Gasteiger partial charge in [0.05, 0.1) is 11.6 Å². The summed E-state index contributed by atoms with van der Waals surface area (Å²) >= 11 is 0. The third-order valence-corrected chi connectivity index (χ3v) is 6.36. The third-order valence-electron chi connectivity index (χ3n) is 6.36. The molecule has 0 fully saturated rings. The van der Waals surface area contributed by atoms with Crippen molar-refractivity contribution in [3.63, 3.8) is 0 Å². The second-order valence-corrected chi connectivity index (χ2v) is 9.20. The topological polar surface area (TPSA) is 53.8 Å². The number of hydrogen-bond acceptors (Lipinski definition) is 4. The highest BCUT2D eigenvalue weighted by atomic mass is 16.1. The molecule has 0 spiro atoms. The zero-order chi connectivity index (χ0) is 19.4. The zero-order valence-electron chi connectivity index (χ0n) is 17.0. The van der Waals surface area contributed by atoms with E-state index < -0.39 is 5.41 Å². The molecule has 27 heavy (non-hydrogen) atoms. The summed E-state index contributed by atoms with van der Waals surface area (Å²) in [6.07, 6.45) is 4.01. The van der Waals surface area contributed by atoms with Gasteiger partial charge in [-0.15, -0.1) is 0 Å². The molecule has 0 bridgehead atoms. The van der Waals surface area contributed by atoms with Crippen LogP contribution in [0.15, 0.2) is 57.5 Å². The average molecular weight is 364 g/mol. The summed E-state index contributed by atoms with van der Waals surface area (Å²) in [5.41, 5.74) is 5.15. The van der Waals surface area contributed by atoms with Crippen LogP contribution in [0.25, 0.3) is 0 Å². The van der Waals surface area contributed by atoms with Crippen molar-refractivity contribution in [3.8, 4) is 0 Å². The number of ketones is 1. The molecule has 4 rings (SSSR count). The molecule has 0 amide bonds. The van der Waals surface area contributed by atoms with E-state index in [0.29, 0.717) is 12.3 Å². The van der Waals surface area contributed by atoms with Crippen molar-refractivity contribution in [1.82, 2.24) is 5.32 Å². The number of rotatable bonds is 3. The standard InChI is InChI=1S/C23H29N3O/c1-6-23(16-9-7-8-15(10-16)14(2)3)17-13-24-26-21(17)25-18-11-22(4,5)12-19(27)20(18)23/h7-10,13-14,21,25H,6,11-12H2,1-5H3/t21?,23-/m1/s1.